The van der Waals surface area contributed by atoms with Crippen molar-refractivity contribution in [1.29, 1.82) is 0 Å². The molecule has 2 aromatic rings. The van der Waals surface area contributed by atoms with Gasteiger partial charge in [-0.2, -0.15) is 0 Å². The molecule has 0 aliphatic carbocycles. The van der Waals surface area contributed by atoms with Crippen molar-refractivity contribution < 1.29 is 9.59 Å². The van der Waals surface area contributed by atoms with Crippen LogP contribution in [0.2, 0.25) is 0 Å². The van der Waals surface area contributed by atoms with Gasteiger partial charge in [-0.25, -0.2) is 4.98 Å². The minimum Gasteiger partial charge on any atom is -0.343 e. The van der Waals surface area contributed by atoms with Gasteiger partial charge in [0.05, 0.1) is 15.2 Å². The van der Waals surface area contributed by atoms with Crippen LogP contribution in [-0.2, 0) is 9.59 Å². The summed E-state index contributed by atoms with van der Waals surface area (Å²) < 4.78 is 1.22. The van der Waals surface area contributed by atoms with Gasteiger partial charge < -0.3 is 9.80 Å². The number of carbonyl (C=O) groups is 2. The predicted octanol–water partition coefficient (Wildman–Crippen LogP) is 3.26. The van der Waals surface area contributed by atoms with Crippen molar-refractivity contribution in [1.82, 2.24) is 14.8 Å². The Bertz CT molecular complexity index is 777. The molecule has 2 saturated heterocycles. The highest BCUT2D eigenvalue weighted by atomic mass is 32.1. The van der Waals surface area contributed by atoms with Crippen LogP contribution in [0.4, 0.5) is 0 Å². The van der Waals surface area contributed by atoms with Crippen LogP contribution in [0.15, 0.2) is 24.3 Å². The van der Waals surface area contributed by atoms with Crippen LogP contribution in [0.3, 0.4) is 0 Å². The third-order valence-corrected chi connectivity index (χ3v) is 6.88. The van der Waals surface area contributed by atoms with E-state index in [1.54, 1.807) is 18.3 Å². The molecule has 0 spiro atoms. The molecule has 0 unspecified atom stereocenters. The first kappa shape index (κ1) is 17.5. The first-order valence-electron chi connectivity index (χ1n) is 9.51. The molecule has 2 amide bonds. The van der Waals surface area contributed by atoms with Crippen molar-refractivity contribution in [3.05, 3.63) is 29.3 Å². The summed E-state index contributed by atoms with van der Waals surface area (Å²) in [4.78, 5) is 33.2. The second-order valence-electron chi connectivity index (χ2n) is 7.42. The first-order valence-corrected chi connectivity index (χ1v) is 10.3. The monoisotopic (exact) mass is 371 g/mol. The van der Waals surface area contributed by atoms with Gasteiger partial charge in [-0.3, -0.25) is 9.59 Å². The van der Waals surface area contributed by atoms with E-state index in [9.17, 15) is 9.59 Å². The van der Waals surface area contributed by atoms with E-state index in [0.29, 0.717) is 19.0 Å². The highest BCUT2D eigenvalue weighted by Gasteiger charge is 2.33. The molecule has 1 aromatic heterocycles. The van der Waals surface area contributed by atoms with E-state index < -0.39 is 0 Å². The molecule has 5 nitrogen and oxygen atoms in total. The number of thiazole rings is 1. The van der Waals surface area contributed by atoms with Crippen molar-refractivity contribution >= 4 is 33.4 Å². The van der Waals surface area contributed by atoms with Gasteiger partial charge in [0.2, 0.25) is 11.8 Å². The lowest BCUT2D eigenvalue weighted by molar-refractivity contribution is -0.141. The number of rotatable bonds is 2. The van der Waals surface area contributed by atoms with Crippen molar-refractivity contribution in [3.8, 4) is 0 Å². The van der Waals surface area contributed by atoms with Crippen molar-refractivity contribution in [3.63, 3.8) is 0 Å². The Hall–Kier alpha value is -1.95. The van der Waals surface area contributed by atoms with Gasteiger partial charge in [-0.05, 0) is 37.8 Å². The predicted molar refractivity (Wildman–Crippen MR) is 103 cm³/mol. The van der Waals surface area contributed by atoms with Gasteiger partial charge in [-0.1, -0.05) is 12.1 Å². The molecule has 1 aromatic carbocycles. The summed E-state index contributed by atoms with van der Waals surface area (Å²) in [5, 5.41) is 1.16. The van der Waals surface area contributed by atoms with E-state index in [1.807, 2.05) is 15.9 Å². The smallest absolute Gasteiger partial charge is 0.225 e. The van der Waals surface area contributed by atoms with E-state index in [1.165, 1.54) is 4.70 Å². The minimum atomic E-state index is 0.0692. The van der Waals surface area contributed by atoms with Gasteiger partial charge in [0.15, 0.2) is 0 Å². The molecule has 2 fully saturated rings. The Morgan fingerprint density at radius 3 is 2.58 bits per heavy atom. The topological polar surface area (TPSA) is 53.5 Å². The second-order valence-corrected chi connectivity index (χ2v) is 8.49. The number of aromatic nitrogens is 1. The van der Waals surface area contributed by atoms with E-state index in [2.05, 4.69) is 18.2 Å². The average molecular weight is 372 g/mol. The van der Waals surface area contributed by atoms with E-state index >= 15 is 0 Å². The van der Waals surface area contributed by atoms with Crippen LogP contribution >= 0.6 is 11.3 Å². The van der Waals surface area contributed by atoms with Gasteiger partial charge in [0.25, 0.3) is 0 Å². The van der Waals surface area contributed by atoms with Crippen LogP contribution in [-0.4, -0.2) is 52.8 Å². The summed E-state index contributed by atoms with van der Waals surface area (Å²) in [6.45, 7) is 4.66. The van der Waals surface area contributed by atoms with Crippen molar-refractivity contribution in [2.45, 2.75) is 38.5 Å². The number of benzene rings is 1. The molecule has 2 aliphatic rings. The third-order valence-electron chi connectivity index (χ3n) is 5.68. The molecule has 0 radical (unpaired) electrons. The Balaban J connectivity index is 1.41. The molecule has 1 atom stereocenters. The van der Waals surface area contributed by atoms with Crippen molar-refractivity contribution in [2.75, 3.05) is 26.2 Å². The number of nitrogens with zero attached hydrogens (tertiary/aromatic N) is 3. The molecule has 6 heteroatoms. The van der Waals surface area contributed by atoms with E-state index in [4.69, 9.17) is 4.98 Å². The Labute approximate surface area is 158 Å². The van der Waals surface area contributed by atoms with E-state index in [-0.39, 0.29) is 17.7 Å². The number of fused-ring (bicyclic) bond motifs is 1. The Morgan fingerprint density at radius 2 is 1.85 bits per heavy atom. The molecule has 0 bridgehead atoms. The van der Waals surface area contributed by atoms with Crippen LogP contribution < -0.4 is 0 Å². The highest BCUT2D eigenvalue weighted by Crippen LogP contribution is 2.34. The lowest BCUT2D eigenvalue weighted by Gasteiger charge is -2.37. The number of para-hydroxylation sites is 1. The standard InChI is InChI=1S/C20H25N3O2S/c1-14(24)22-11-8-15(9-12-22)20(25)23-10-4-5-16(13-23)19-21-17-6-2-3-7-18(17)26-19/h2-3,6-7,15-16H,4-5,8-13H2,1H3/t16-/m0/s1. The van der Waals surface area contributed by atoms with Crippen LogP contribution in [0.25, 0.3) is 10.2 Å². The SMILES string of the molecule is CC(=O)N1CCC(C(=O)N2CCC[C@H](c3nc4ccccc4s3)C2)CC1. The maximum absolute atomic E-state index is 13.0. The van der Waals surface area contributed by atoms with E-state index in [0.717, 1.165) is 49.3 Å². The molecular formula is C20H25N3O2S. The third kappa shape index (κ3) is 3.47. The lowest BCUT2D eigenvalue weighted by Crippen LogP contribution is -2.46. The summed E-state index contributed by atoms with van der Waals surface area (Å²) in [5.41, 5.74) is 1.06. The number of amides is 2. The fourth-order valence-corrected chi connectivity index (χ4v) is 5.24. The fourth-order valence-electron chi connectivity index (χ4n) is 4.14. The van der Waals surface area contributed by atoms with Crippen molar-refractivity contribution in [2.24, 2.45) is 5.92 Å². The molecule has 2 aliphatic heterocycles. The summed E-state index contributed by atoms with van der Waals surface area (Å²) >= 11 is 1.76. The molecule has 26 heavy (non-hydrogen) atoms. The minimum absolute atomic E-state index is 0.0692. The normalized spacial score (nSPS) is 22.0. The van der Waals surface area contributed by atoms with Gasteiger partial charge in [-0.15, -0.1) is 11.3 Å². The summed E-state index contributed by atoms with van der Waals surface area (Å²) in [6.07, 6.45) is 3.73. The zero-order valence-electron chi connectivity index (χ0n) is 15.2. The summed E-state index contributed by atoms with van der Waals surface area (Å²) in [7, 11) is 0. The Morgan fingerprint density at radius 1 is 1.08 bits per heavy atom. The van der Waals surface area contributed by atoms with Gasteiger partial charge in [0, 0.05) is 44.9 Å². The maximum Gasteiger partial charge on any atom is 0.225 e. The molecular weight excluding hydrogens is 346 g/mol. The van der Waals surface area contributed by atoms with Gasteiger partial charge >= 0.3 is 0 Å². The summed E-state index contributed by atoms with van der Waals surface area (Å²) in [5.74, 6) is 0.811. The number of hydrogen-bond donors (Lipinski definition) is 0. The van der Waals surface area contributed by atoms with Crippen LogP contribution in [0.5, 0.6) is 0 Å². The zero-order chi connectivity index (χ0) is 18.1. The van der Waals surface area contributed by atoms with Gasteiger partial charge in [0.1, 0.15) is 0 Å². The summed E-state index contributed by atoms with van der Waals surface area (Å²) in [6, 6.07) is 8.25. The van der Waals surface area contributed by atoms with Crippen LogP contribution in [0.1, 0.15) is 43.5 Å². The number of carbonyl (C=O) groups excluding carboxylic acids is 2. The lowest BCUT2D eigenvalue weighted by atomic mass is 9.92. The number of hydrogen-bond acceptors (Lipinski definition) is 4. The molecule has 3 heterocycles. The molecule has 0 saturated carbocycles. The first-order chi connectivity index (χ1) is 12.6. The largest absolute Gasteiger partial charge is 0.343 e. The zero-order valence-corrected chi connectivity index (χ0v) is 16.0. The molecule has 0 N–H and O–H groups in total. The van der Waals surface area contributed by atoms with Crippen LogP contribution in [0, 0.1) is 5.92 Å². The molecule has 4 rings (SSSR count). The highest BCUT2D eigenvalue weighted by molar-refractivity contribution is 7.18. The molecule has 138 valence electrons. The number of likely N-dealkylation sites (tertiary alicyclic amines) is 2. The average Bonchev–Trinajstić information content (AvgIpc) is 3.12. The quantitative estimate of drug-likeness (QED) is 0.814. The second kappa shape index (κ2) is 7.35. The number of piperidine rings is 2. The Kier molecular flexibility index (Phi) is 4.94. The maximum atomic E-state index is 13.0. The fraction of sp³-hybridized carbons (Fsp3) is 0.550.